The van der Waals surface area contributed by atoms with Crippen LogP contribution in [0.15, 0.2) is 18.2 Å². The van der Waals surface area contributed by atoms with Gasteiger partial charge in [-0.3, -0.25) is 14.9 Å². The molecule has 1 unspecified atom stereocenters. The van der Waals surface area contributed by atoms with Crippen molar-refractivity contribution in [1.29, 1.82) is 0 Å². The largest absolute Gasteiger partial charge is 0.324 e. The Balaban J connectivity index is 2.17. The minimum atomic E-state index is -0.754. The molecule has 0 spiro atoms. The molecule has 1 aliphatic heterocycles. The van der Waals surface area contributed by atoms with Crippen LogP contribution in [0.25, 0.3) is 0 Å². The average Bonchev–Trinajstić information content (AvgIpc) is 2.37. The summed E-state index contributed by atoms with van der Waals surface area (Å²) in [6, 6.07) is 2.63. The third-order valence-corrected chi connectivity index (χ3v) is 3.75. The Kier molecular flexibility index (Phi) is 4.22. The van der Waals surface area contributed by atoms with Crippen LogP contribution >= 0.6 is 0 Å². The van der Waals surface area contributed by atoms with Gasteiger partial charge >= 0.3 is 0 Å². The number of carbonyl (C=O) groups excluding carboxylic acids is 1. The molecule has 0 aromatic heterocycles. The second-order valence-corrected chi connectivity index (χ2v) is 5.92. The number of benzene rings is 1. The van der Waals surface area contributed by atoms with Crippen LogP contribution in [0.1, 0.15) is 26.7 Å². The fraction of sp³-hybridized carbons (Fsp3) is 0.500. The van der Waals surface area contributed by atoms with Gasteiger partial charge in [-0.2, -0.15) is 0 Å². The summed E-state index contributed by atoms with van der Waals surface area (Å²) in [7, 11) is 0. The van der Waals surface area contributed by atoms with Crippen LogP contribution in [-0.4, -0.2) is 23.4 Å². The SMILES string of the molecule is CC1(C)CCCNC1C(=O)Nc1cc(F)cc([N+](=O)[O-])c1. The summed E-state index contributed by atoms with van der Waals surface area (Å²) in [5.41, 5.74) is -0.516. The molecular weight excluding hydrogens is 277 g/mol. The van der Waals surface area contributed by atoms with Gasteiger partial charge < -0.3 is 10.6 Å². The molecule has 21 heavy (non-hydrogen) atoms. The van der Waals surface area contributed by atoms with Gasteiger partial charge in [0.25, 0.3) is 5.69 Å². The lowest BCUT2D eigenvalue weighted by Crippen LogP contribution is -2.53. The number of nitrogens with one attached hydrogen (secondary N) is 2. The summed E-state index contributed by atoms with van der Waals surface area (Å²) in [5.74, 6) is -1.06. The molecule has 0 bridgehead atoms. The number of nitrogens with zero attached hydrogens (tertiary/aromatic N) is 1. The Morgan fingerprint density at radius 3 is 2.81 bits per heavy atom. The number of piperidine rings is 1. The van der Waals surface area contributed by atoms with Crippen molar-refractivity contribution in [2.45, 2.75) is 32.7 Å². The van der Waals surface area contributed by atoms with Gasteiger partial charge in [0.05, 0.1) is 22.7 Å². The smallest absolute Gasteiger partial charge is 0.274 e. The zero-order chi connectivity index (χ0) is 15.6. The fourth-order valence-electron chi connectivity index (χ4n) is 2.62. The number of hydrogen-bond donors (Lipinski definition) is 2. The molecule has 1 aromatic carbocycles. The molecule has 0 aliphatic carbocycles. The molecule has 1 amide bonds. The number of nitro groups is 1. The van der Waals surface area contributed by atoms with Crippen molar-refractivity contribution in [3.8, 4) is 0 Å². The first-order valence-electron chi connectivity index (χ1n) is 6.79. The van der Waals surface area contributed by atoms with E-state index >= 15 is 0 Å². The molecule has 114 valence electrons. The second kappa shape index (κ2) is 5.77. The number of rotatable bonds is 3. The second-order valence-electron chi connectivity index (χ2n) is 5.92. The number of nitro benzene ring substituents is 1. The maximum atomic E-state index is 13.4. The highest BCUT2D eigenvalue weighted by Gasteiger charge is 2.37. The predicted molar refractivity (Wildman–Crippen MR) is 76.5 cm³/mol. The van der Waals surface area contributed by atoms with Crippen molar-refractivity contribution < 1.29 is 14.1 Å². The Morgan fingerprint density at radius 1 is 1.48 bits per heavy atom. The van der Waals surface area contributed by atoms with E-state index in [1.165, 1.54) is 0 Å². The monoisotopic (exact) mass is 295 g/mol. The molecule has 2 rings (SSSR count). The van der Waals surface area contributed by atoms with E-state index in [4.69, 9.17) is 0 Å². The molecule has 0 saturated carbocycles. The summed E-state index contributed by atoms with van der Waals surface area (Å²) >= 11 is 0. The summed E-state index contributed by atoms with van der Waals surface area (Å²) in [4.78, 5) is 22.3. The van der Waals surface area contributed by atoms with Crippen LogP contribution in [0, 0.1) is 21.3 Å². The van der Waals surface area contributed by atoms with Crippen molar-refractivity contribution in [2.75, 3.05) is 11.9 Å². The van der Waals surface area contributed by atoms with E-state index in [-0.39, 0.29) is 22.7 Å². The van der Waals surface area contributed by atoms with E-state index < -0.39 is 16.8 Å². The number of anilines is 1. The standard InChI is InChI=1S/C14H18FN3O3/c1-14(2)4-3-5-16-12(14)13(19)17-10-6-9(15)7-11(8-10)18(20)21/h6-8,12,16H,3-5H2,1-2H3,(H,17,19). The fourth-order valence-corrected chi connectivity index (χ4v) is 2.62. The number of halogens is 1. The van der Waals surface area contributed by atoms with E-state index in [0.29, 0.717) is 0 Å². The van der Waals surface area contributed by atoms with E-state index in [9.17, 15) is 19.3 Å². The van der Waals surface area contributed by atoms with Crippen molar-refractivity contribution in [2.24, 2.45) is 5.41 Å². The number of carbonyl (C=O) groups is 1. The average molecular weight is 295 g/mol. The maximum absolute atomic E-state index is 13.4. The molecule has 1 fully saturated rings. The predicted octanol–water partition coefficient (Wildman–Crippen LogP) is 2.45. The molecule has 1 aromatic rings. The molecule has 0 radical (unpaired) electrons. The molecule has 7 heteroatoms. The van der Waals surface area contributed by atoms with Gasteiger partial charge in [0.1, 0.15) is 5.82 Å². The lowest BCUT2D eigenvalue weighted by atomic mass is 9.77. The van der Waals surface area contributed by atoms with Gasteiger partial charge in [0.2, 0.25) is 5.91 Å². The zero-order valence-electron chi connectivity index (χ0n) is 12.0. The lowest BCUT2D eigenvalue weighted by molar-refractivity contribution is -0.385. The lowest BCUT2D eigenvalue weighted by Gasteiger charge is -2.38. The molecule has 2 N–H and O–H groups in total. The Hall–Kier alpha value is -2.02. The van der Waals surface area contributed by atoms with Crippen molar-refractivity contribution in [3.63, 3.8) is 0 Å². The van der Waals surface area contributed by atoms with Crippen LogP contribution in [0.2, 0.25) is 0 Å². The molecule has 1 atom stereocenters. The van der Waals surface area contributed by atoms with Crippen LogP contribution < -0.4 is 10.6 Å². The molecular formula is C14H18FN3O3. The Labute approximate surface area is 121 Å². The molecule has 1 saturated heterocycles. The van der Waals surface area contributed by atoms with Crippen LogP contribution in [0.4, 0.5) is 15.8 Å². The first kappa shape index (κ1) is 15.4. The highest BCUT2D eigenvalue weighted by molar-refractivity contribution is 5.95. The van der Waals surface area contributed by atoms with Crippen LogP contribution in [-0.2, 0) is 4.79 Å². The Bertz CT molecular complexity index is 575. The van der Waals surface area contributed by atoms with Gasteiger partial charge in [0.15, 0.2) is 0 Å². The highest BCUT2D eigenvalue weighted by Crippen LogP contribution is 2.31. The summed E-state index contributed by atoms with van der Waals surface area (Å²) in [6.45, 7) is 4.71. The Morgan fingerprint density at radius 2 is 2.19 bits per heavy atom. The minimum Gasteiger partial charge on any atom is -0.324 e. The van der Waals surface area contributed by atoms with E-state index in [0.717, 1.165) is 37.6 Å². The summed E-state index contributed by atoms with van der Waals surface area (Å²) in [6.07, 6.45) is 1.89. The normalized spacial score (nSPS) is 20.8. The third-order valence-electron chi connectivity index (χ3n) is 3.75. The van der Waals surface area contributed by atoms with Crippen molar-refractivity contribution in [1.82, 2.24) is 5.32 Å². The van der Waals surface area contributed by atoms with Gasteiger partial charge in [-0.05, 0) is 30.9 Å². The number of hydrogen-bond acceptors (Lipinski definition) is 4. The molecule has 6 nitrogen and oxygen atoms in total. The zero-order valence-corrected chi connectivity index (χ0v) is 12.0. The van der Waals surface area contributed by atoms with E-state index in [1.807, 2.05) is 13.8 Å². The highest BCUT2D eigenvalue weighted by atomic mass is 19.1. The first-order valence-corrected chi connectivity index (χ1v) is 6.79. The van der Waals surface area contributed by atoms with Gasteiger partial charge in [-0.25, -0.2) is 4.39 Å². The van der Waals surface area contributed by atoms with Crippen LogP contribution in [0.5, 0.6) is 0 Å². The summed E-state index contributed by atoms with van der Waals surface area (Å²) < 4.78 is 13.4. The molecule has 1 heterocycles. The van der Waals surface area contributed by atoms with Crippen molar-refractivity contribution >= 4 is 17.3 Å². The number of non-ortho nitro benzene ring substituents is 1. The summed E-state index contributed by atoms with van der Waals surface area (Å²) in [5, 5.41) is 16.4. The topological polar surface area (TPSA) is 84.3 Å². The first-order chi connectivity index (χ1) is 9.79. The number of amides is 1. The quantitative estimate of drug-likeness (QED) is 0.662. The van der Waals surface area contributed by atoms with E-state index in [1.54, 1.807) is 0 Å². The minimum absolute atomic E-state index is 0.0925. The third kappa shape index (κ3) is 3.55. The van der Waals surface area contributed by atoms with Crippen LogP contribution in [0.3, 0.4) is 0 Å². The van der Waals surface area contributed by atoms with Gasteiger partial charge in [0, 0.05) is 6.07 Å². The maximum Gasteiger partial charge on any atom is 0.274 e. The van der Waals surface area contributed by atoms with Crippen molar-refractivity contribution in [3.05, 3.63) is 34.1 Å². The van der Waals surface area contributed by atoms with Gasteiger partial charge in [-0.15, -0.1) is 0 Å². The van der Waals surface area contributed by atoms with E-state index in [2.05, 4.69) is 10.6 Å². The molecule has 1 aliphatic rings. The van der Waals surface area contributed by atoms with Gasteiger partial charge in [-0.1, -0.05) is 13.8 Å².